The molecule has 0 radical (unpaired) electrons. The lowest BCUT2D eigenvalue weighted by Gasteiger charge is -2.06. The summed E-state index contributed by atoms with van der Waals surface area (Å²) in [5, 5.41) is 0. The molecular weight excluding hydrogens is 216 g/mol. The number of rotatable bonds is 5. The van der Waals surface area contributed by atoms with E-state index >= 15 is 0 Å². The van der Waals surface area contributed by atoms with Crippen LogP contribution >= 0.6 is 0 Å². The standard InChI is InChI=1S/C8H12.C6H10O3/c1-2-8-6-4-3-5-7-8;1(5-3-8-5)7-2-6-4-9-6/h2,6H,1,3-5,7H2;5-6H,1-4H2. The molecule has 0 aromatic rings. The van der Waals surface area contributed by atoms with Gasteiger partial charge in [-0.25, -0.2) is 0 Å². The SMILES string of the molecule is C(OCC1CO1)C1CO1.C=CC1=CCCCC1. The van der Waals surface area contributed by atoms with E-state index < -0.39 is 0 Å². The van der Waals surface area contributed by atoms with Crippen LogP contribution in [-0.4, -0.2) is 38.6 Å². The van der Waals surface area contributed by atoms with Gasteiger partial charge in [-0.3, -0.25) is 0 Å². The largest absolute Gasteiger partial charge is 0.376 e. The van der Waals surface area contributed by atoms with Crippen molar-refractivity contribution >= 4 is 0 Å². The summed E-state index contributed by atoms with van der Waals surface area (Å²) in [7, 11) is 0. The van der Waals surface area contributed by atoms with Gasteiger partial charge in [0.25, 0.3) is 0 Å². The van der Waals surface area contributed by atoms with Crippen molar-refractivity contribution in [3.8, 4) is 0 Å². The third-order valence-corrected chi connectivity index (χ3v) is 3.00. The van der Waals surface area contributed by atoms with Gasteiger partial charge < -0.3 is 14.2 Å². The van der Waals surface area contributed by atoms with Crippen molar-refractivity contribution in [3.05, 3.63) is 24.3 Å². The van der Waals surface area contributed by atoms with Crippen LogP contribution in [0.4, 0.5) is 0 Å². The second-order valence-electron chi connectivity index (χ2n) is 4.68. The summed E-state index contributed by atoms with van der Waals surface area (Å²) in [6.45, 7) is 6.98. The van der Waals surface area contributed by atoms with Crippen molar-refractivity contribution in [1.82, 2.24) is 0 Å². The molecular formula is C14H22O3. The zero-order valence-corrected chi connectivity index (χ0v) is 10.4. The lowest BCUT2D eigenvalue weighted by Crippen LogP contribution is -2.06. The van der Waals surface area contributed by atoms with Crippen LogP contribution in [0.5, 0.6) is 0 Å². The summed E-state index contributed by atoms with van der Waals surface area (Å²) in [6, 6.07) is 0. The first kappa shape index (κ1) is 12.8. The minimum atomic E-state index is 0.392. The van der Waals surface area contributed by atoms with E-state index in [1.807, 2.05) is 6.08 Å². The van der Waals surface area contributed by atoms with Gasteiger partial charge in [0, 0.05) is 0 Å². The maximum Gasteiger partial charge on any atom is 0.104 e. The molecule has 3 rings (SSSR count). The Hall–Kier alpha value is -0.640. The Bertz CT molecular complexity index is 253. The van der Waals surface area contributed by atoms with E-state index in [1.54, 1.807) is 0 Å². The van der Waals surface area contributed by atoms with Gasteiger partial charge in [0.2, 0.25) is 0 Å². The first-order chi connectivity index (χ1) is 8.38. The van der Waals surface area contributed by atoms with Gasteiger partial charge in [0.1, 0.15) is 12.2 Å². The van der Waals surface area contributed by atoms with Crippen LogP contribution in [0.25, 0.3) is 0 Å². The normalized spacial score (nSPS) is 29.8. The highest BCUT2D eigenvalue weighted by Gasteiger charge is 2.26. The fourth-order valence-electron chi connectivity index (χ4n) is 1.71. The predicted octanol–water partition coefficient (Wildman–Crippen LogP) is 2.47. The second kappa shape index (κ2) is 6.94. The van der Waals surface area contributed by atoms with Gasteiger partial charge in [-0.1, -0.05) is 24.3 Å². The fraction of sp³-hybridized carbons (Fsp3) is 0.714. The molecule has 0 N–H and O–H groups in total. The predicted molar refractivity (Wildman–Crippen MR) is 67.0 cm³/mol. The number of allylic oxidation sites excluding steroid dienone is 3. The van der Waals surface area contributed by atoms with E-state index in [2.05, 4.69) is 12.7 Å². The third-order valence-electron chi connectivity index (χ3n) is 3.00. The van der Waals surface area contributed by atoms with Crippen molar-refractivity contribution in [2.45, 2.75) is 37.9 Å². The quantitative estimate of drug-likeness (QED) is 0.690. The van der Waals surface area contributed by atoms with Gasteiger partial charge in [-0.15, -0.1) is 0 Å². The molecule has 17 heavy (non-hydrogen) atoms. The van der Waals surface area contributed by atoms with Gasteiger partial charge in [-0.2, -0.15) is 0 Å². The summed E-state index contributed by atoms with van der Waals surface area (Å²) in [5.41, 5.74) is 1.44. The Morgan fingerprint density at radius 3 is 2.24 bits per heavy atom. The van der Waals surface area contributed by atoms with Crippen LogP contribution in [0.3, 0.4) is 0 Å². The van der Waals surface area contributed by atoms with Crippen LogP contribution in [0.2, 0.25) is 0 Å². The van der Waals surface area contributed by atoms with Crippen molar-refractivity contribution in [3.63, 3.8) is 0 Å². The van der Waals surface area contributed by atoms with Crippen molar-refractivity contribution in [1.29, 1.82) is 0 Å². The summed E-state index contributed by atoms with van der Waals surface area (Å²) in [4.78, 5) is 0. The van der Waals surface area contributed by atoms with Crippen LogP contribution in [0, 0.1) is 0 Å². The molecule has 3 aliphatic rings. The molecule has 1 aliphatic carbocycles. The number of hydrogen-bond acceptors (Lipinski definition) is 3. The molecule has 2 fully saturated rings. The van der Waals surface area contributed by atoms with Gasteiger partial charge in [0.05, 0.1) is 26.4 Å². The first-order valence-corrected chi connectivity index (χ1v) is 6.51. The highest BCUT2D eigenvalue weighted by Crippen LogP contribution is 2.17. The monoisotopic (exact) mass is 238 g/mol. The number of epoxide rings is 2. The van der Waals surface area contributed by atoms with Crippen LogP contribution in [0.1, 0.15) is 25.7 Å². The maximum atomic E-state index is 5.23. The Morgan fingerprint density at radius 1 is 1.24 bits per heavy atom. The van der Waals surface area contributed by atoms with E-state index in [4.69, 9.17) is 14.2 Å². The third kappa shape index (κ3) is 6.01. The van der Waals surface area contributed by atoms with E-state index in [9.17, 15) is 0 Å². The van der Waals surface area contributed by atoms with Crippen molar-refractivity contribution < 1.29 is 14.2 Å². The number of ether oxygens (including phenoxy) is 3. The molecule has 3 heteroatoms. The molecule has 0 saturated carbocycles. The highest BCUT2D eigenvalue weighted by atomic mass is 16.6. The molecule has 96 valence electrons. The Balaban J connectivity index is 0.000000128. The maximum absolute atomic E-state index is 5.23. The second-order valence-corrected chi connectivity index (χ2v) is 4.68. The molecule has 2 saturated heterocycles. The molecule has 0 amide bonds. The van der Waals surface area contributed by atoms with E-state index in [0.29, 0.717) is 12.2 Å². The molecule has 2 aliphatic heterocycles. The molecule has 2 heterocycles. The van der Waals surface area contributed by atoms with Crippen molar-refractivity contribution in [2.24, 2.45) is 0 Å². The van der Waals surface area contributed by atoms with E-state index in [-0.39, 0.29) is 0 Å². The topological polar surface area (TPSA) is 34.3 Å². The van der Waals surface area contributed by atoms with Crippen molar-refractivity contribution in [2.75, 3.05) is 26.4 Å². The summed E-state index contributed by atoms with van der Waals surface area (Å²) in [5.74, 6) is 0. The Morgan fingerprint density at radius 2 is 1.88 bits per heavy atom. The lowest BCUT2D eigenvalue weighted by molar-refractivity contribution is 0.102. The molecule has 2 atom stereocenters. The lowest BCUT2D eigenvalue weighted by atomic mass is 10.0. The van der Waals surface area contributed by atoms with Crippen LogP contribution < -0.4 is 0 Å². The fourth-order valence-corrected chi connectivity index (χ4v) is 1.71. The van der Waals surface area contributed by atoms with Crippen LogP contribution in [0.15, 0.2) is 24.3 Å². The number of hydrogen-bond donors (Lipinski definition) is 0. The Labute approximate surface area is 103 Å². The average Bonchev–Trinajstić information content (AvgIpc) is 3.25. The smallest absolute Gasteiger partial charge is 0.104 e. The van der Waals surface area contributed by atoms with E-state index in [0.717, 1.165) is 26.4 Å². The van der Waals surface area contributed by atoms with Crippen LogP contribution in [-0.2, 0) is 14.2 Å². The van der Waals surface area contributed by atoms with Gasteiger partial charge in [-0.05, 0) is 25.7 Å². The molecule has 0 aromatic heterocycles. The molecule has 0 aromatic carbocycles. The zero-order chi connectivity index (χ0) is 11.9. The first-order valence-electron chi connectivity index (χ1n) is 6.51. The van der Waals surface area contributed by atoms with E-state index in [1.165, 1.54) is 31.3 Å². The molecule has 0 spiro atoms. The molecule has 3 nitrogen and oxygen atoms in total. The minimum absolute atomic E-state index is 0.392. The Kier molecular flexibility index (Phi) is 5.23. The summed E-state index contributed by atoms with van der Waals surface area (Å²) < 4.78 is 15.1. The minimum Gasteiger partial charge on any atom is -0.376 e. The summed E-state index contributed by atoms with van der Waals surface area (Å²) >= 11 is 0. The highest BCUT2D eigenvalue weighted by molar-refractivity contribution is 5.17. The van der Waals surface area contributed by atoms with Gasteiger partial charge in [0.15, 0.2) is 0 Å². The molecule has 0 bridgehead atoms. The summed E-state index contributed by atoms with van der Waals surface area (Å²) in [6.07, 6.45) is 10.3. The van der Waals surface area contributed by atoms with Gasteiger partial charge >= 0.3 is 0 Å². The zero-order valence-electron chi connectivity index (χ0n) is 10.4. The molecule has 2 unspecified atom stereocenters. The average molecular weight is 238 g/mol.